The number of aromatic nitrogens is 4. The van der Waals surface area contributed by atoms with Gasteiger partial charge in [0.15, 0.2) is 5.82 Å². The average Bonchev–Trinajstić information content (AvgIpc) is 3.27. The maximum absolute atomic E-state index is 11.9. The molecule has 1 aliphatic rings. The summed E-state index contributed by atoms with van der Waals surface area (Å²) in [5.41, 5.74) is 8.05. The lowest BCUT2D eigenvalue weighted by molar-refractivity contribution is 0.100. The number of rotatable bonds is 4. The van der Waals surface area contributed by atoms with Crippen LogP contribution in [-0.2, 0) is 0 Å². The van der Waals surface area contributed by atoms with Crippen molar-refractivity contribution in [3.63, 3.8) is 0 Å². The van der Waals surface area contributed by atoms with Gasteiger partial charge in [-0.25, -0.2) is 4.52 Å². The Labute approximate surface area is 143 Å². The highest BCUT2D eigenvalue weighted by atomic mass is 16.5. The fourth-order valence-electron chi connectivity index (χ4n) is 3.12. The number of primary amides is 1. The fourth-order valence-corrected chi connectivity index (χ4v) is 3.12. The Morgan fingerprint density at radius 3 is 2.96 bits per heavy atom. The molecule has 9 nitrogen and oxygen atoms in total. The minimum Gasteiger partial charge on any atom is -0.378 e. The number of nitrogens with one attached hydrogen (secondary N) is 2. The van der Waals surface area contributed by atoms with E-state index in [1.54, 1.807) is 17.6 Å². The second-order valence-electron chi connectivity index (χ2n) is 6.39. The van der Waals surface area contributed by atoms with Gasteiger partial charge in [0.1, 0.15) is 0 Å². The van der Waals surface area contributed by atoms with Crippen molar-refractivity contribution in [1.29, 1.82) is 0 Å². The molecule has 1 aliphatic heterocycles. The zero-order valence-electron chi connectivity index (χ0n) is 14.0. The van der Waals surface area contributed by atoms with E-state index in [2.05, 4.69) is 32.8 Å². The molecular weight excluding hydrogens is 322 g/mol. The number of aryl methyl sites for hydroxylation is 1. The number of fused-ring (bicyclic) bond motifs is 1. The van der Waals surface area contributed by atoms with E-state index in [-0.39, 0.29) is 6.04 Å². The Morgan fingerprint density at radius 1 is 1.48 bits per heavy atom. The molecule has 1 amide bonds. The van der Waals surface area contributed by atoms with Crippen molar-refractivity contribution in [3.05, 3.63) is 29.8 Å². The number of carbonyl (C=O) groups excluding carboxylic acids is 1. The third-order valence-corrected chi connectivity index (χ3v) is 4.52. The van der Waals surface area contributed by atoms with E-state index >= 15 is 0 Å². The van der Waals surface area contributed by atoms with Crippen LogP contribution in [0, 0.1) is 12.8 Å². The standard InChI is InChI=1S/C16H19N7O2/c1-8-4-18-6-12(8)21-14-11(15(17)24)5-19-23-7-10(3-13(14)23)16-20-9(2)22-25-16/h3,5,7-8,12,18,21H,4,6H2,1-2H3,(H2,17,24)/t8-,12+/m0/s1. The molecule has 4 rings (SSSR count). The van der Waals surface area contributed by atoms with E-state index < -0.39 is 5.91 Å². The third kappa shape index (κ3) is 2.72. The van der Waals surface area contributed by atoms with Crippen LogP contribution in [0.2, 0.25) is 0 Å². The normalized spacial score (nSPS) is 20.2. The molecule has 0 aliphatic carbocycles. The number of carbonyl (C=O) groups is 1. The van der Waals surface area contributed by atoms with Gasteiger partial charge in [0.05, 0.1) is 28.5 Å². The molecular formula is C16H19N7O2. The second kappa shape index (κ2) is 5.85. The molecule has 1 saturated heterocycles. The predicted octanol–water partition coefficient (Wildman–Crippen LogP) is 0.811. The summed E-state index contributed by atoms with van der Waals surface area (Å²) in [5, 5.41) is 14.9. The number of anilines is 1. The first kappa shape index (κ1) is 15.6. The smallest absolute Gasteiger partial charge is 0.259 e. The van der Waals surface area contributed by atoms with Crippen LogP contribution in [0.1, 0.15) is 23.1 Å². The maximum atomic E-state index is 11.9. The summed E-state index contributed by atoms with van der Waals surface area (Å²) >= 11 is 0. The van der Waals surface area contributed by atoms with Crippen LogP contribution in [0.15, 0.2) is 23.0 Å². The average molecular weight is 341 g/mol. The molecule has 1 fully saturated rings. The van der Waals surface area contributed by atoms with Gasteiger partial charge in [-0.2, -0.15) is 10.1 Å². The number of hydrogen-bond donors (Lipinski definition) is 3. The van der Waals surface area contributed by atoms with Gasteiger partial charge in [0.25, 0.3) is 11.8 Å². The Kier molecular flexibility index (Phi) is 3.65. The van der Waals surface area contributed by atoms with E-state index in [0.29, 0.717) is 28.9 Å². The van der Waals surface area contributed by atoms with Crippen molar-refractivity contribution in [2.45, 2.75) is 19.9 Å². The summed E-state index contributed by atoms with van der Waals surface area (Å²) in [6.07, 6.45) is 3.27. The number of nitrogens with zero attached hydrogens (tertiary/aromatic N) is 4. The molecule has 4 N–H and O–H groups in total. The molecule has 0 unspecified atom stereocenters. The van der Waals surface area contributed by atoms with Crippen molar-refractivity contribution in [3.8, 4) is 11.5 Å². The van der Waals surface area contributed by atoms with Crippen LogP contribution in [0.25, 0.3) is 17.0 Å². The number of amides is 1. The SMILES string of the molecule is Cc1noc(-c2cc3c(N[C@@H]4CNC[C@@H]4C)c(C(N)=O)cnn3c2)n1. The summed E-state index contributed by atoms with van der Waals surface area (Å²) in [4.78, 5) is 16.1. The largest absolute Gasteiger partial charge is 0.378 e. The molecule has 0 bridgehead atoms. The second-order valence-corrected chi connectivity index (χ2v) is 6.39. The molecule has 130 valence electrons. The van der Waals surface area contributed by atoms with Gasteiger partial charge in [0, 0.05) is 18.8 Å². The van der Waals surface area contributed by atoms with Crippen LogP contribution >= 0.6 is 0 Å². The first-order valence-electron chi connectivity index (χ1n) is 8.12. The first-order valence-corrected chi connectivity index (χ1v) is 8.12. The van der Waals surface area contributed by atoms with Crippen LogP contribution in [-0.4, -0.2) is 44.8 Å². The molecule has 2 atom stereocenters. The molecule has 4 heterocycles. The quantitative estimate of drug-likeness (QED) is 0.641. The highest BCUT2D eigenvalue weighted by Crippen LogP contribution is 2.29. The lowest BCUT2D eigenvalue weighted by Crippen LogP contribution is -2.29. The summed E-state index contributed by atoms with van der Waals surface area (Å²) in [5.74, 6) is 0.875. The van der Waals surface area contributed by atoms with E-state index in [0.717, 1.165) is 24.2 Å². The third-order valence-electron chi connectivity index (χ3n) is 4.52. The van der Waals surface area contributed by atoms with Gasteiger partial charge in [-0.15, -0.1) is 0 Å². The number of hydrogen-bond acceptors (Lipinski definition) is 7. The first-order chi connectivity index (χ1) is 12.0. The molecule has 0 radical (unpaired) electrons. The van der Waals surface area contributed by atoms with E-state index in [4.69, 9.17) is 10.3 Å². The molecule has 0 aromatic carbocycles. The van der Waals surface area contributed by atoms with Crippen molar-refractivity contribution in [1.82, 2.24) is 25.1 Å². The van der Waals surface area contributed by atoms with E-state index in [1.807, 2.05) is 6.07 Å². The van der Waals surface area contributed by atoms with Gasteiger partial charge < -0.3 is 20.9 Å². The lowest BCUT2D eigenvalue weighted by atomic mass is 10.1. The zero-order valence-corrected chi connectivity index (χ0v) is 14.0. The summed E-state index contributed by atoms with van der Waals surface area (Å²) in [6, 6.07) is 2.06. The van der Waals surface area contributed by atoms with Gasteiger partial charge in [-0.1, -0.05) is 12.1 Å². The zero-order chi connectivity index (χ0) is 17.6. The van der Waals surface area contributed by atoms with Crippen molar-refractivity contribution in [2.24, 2.45) is 11.7 Å². The minimum absolute atomic E-state index is 0.202. The highest BCUT2D eigenvalue weighted by Gasteiger charge is 2.26. The molecule has 9 heteroatoms. The molecule has 25 heavy (non-hydrogen) atoms. The van der Waals surface area contributed by atoms with Crippen molar-refractivity contribution in [2.75, 3.05) is 18.4 Å². The van der Waals surface area contributed by atoms with Crippen molar-refractivity contribution >= 4 is 17.1 Å². The summed E-state index contributed by atoms with van der Waals surface area (Å²) < 4.78 is 6.90. The van der Waals surface area contributed by atoms with E-state index in [9.17, 15) is 4.79 Å². The maximum Gasteiger partial charge on any atom is 0.259 e. The number of nitrogens with two attached hydrogens (primary N) is 1. The monoisotopic (exact) mass is 341 g/mol. The van der Waals surface area contributed by atoms with Gasteiger partial charge in [-0.05, 0) is 25.5 Å². The van der Waals surface area contributed by atoms with E-state index in [1.165, 1.54) is 6.20 Å². The minimum atomic E-state index is -0.521. The van der Waals surface area contributed by atoms with Gasteiger partial charge in [0.2, 0.25) is 0 Å². The van der Waals surface area contributed by atoms with Crippen LogP contribution in [0.5, 0.6) is 0 Å². The predicted molar refractivity (Wildman–Crippen MR) is 91.2 cm³/mol. The Balaban J connectivity index is 1.83. The Morgan fingerprint density at radius 2 is 2.32 bits per heavy atom. The molecule has 0 spiro atoms. The Bertz CT molecular complexity index is 945. The topological polar surface area (TPSA) is 123 Å². The summed E-state index contributed by atoms with van der Waals surface area (Å²) in [6.45, 7) is 5.67. The lowest BCUT2D eigenvalue weighted by Gasteiger charge is -2.20. The molecule has 3 aromatic rings. The Hall–Kier alpha value is -2.94. The highest BCUT2D eigenvalue weighted by molar-refractivity contribution is 6.02. The van der Waals surface area contributed by atoms with Crippen molar-refractivity contribution < 1.29 is 9.32 Å². The van der Waals surface area contributed by atoms with Crippen LogP contribution < -0.4 is 16.4 Å². The molecule has 3 aromatic heterocycles. The summed E-state index contributed by atoms with van der Waals surface area (Å²) in [7, 11) is 0. The fraction of sp³-hybridized carbons (Fsp3) is 0.375. The van der Waals surface area contributed by atoms with Crippen LogP contribution in [0.4, 0.5) is 5.69 Å². The van der Waals surface area contributed by atoms with Gasteiger partial charge in [-0.3, -0.25) is 4.79 Å². The van der Waals surface area contributed by atoms with Crippen LogP contribution in [0.3, 0.4) is 0 Å². The molecule has 0 saturated carbocycles. The van der Waals surface area contributed by atoms with Gasteiger partial charge >= 0.3 is 0 Å².